The minimum Gasteiger partial charge on any atom is -0.352 e. The highest BCUT2D eigenvalue weighted by Crippen LogP contribution is 2.23. The molecule has 2 aromatic rings. The zero-order valence-electron chi connectivity index (χ0n) is 17.5. The van der Waals surface area contributed by atoms with Gasteiger partial charge in [0.1, 0.15) is 11.9 Å². The van der Waals surface area contributed by atoms with Gasteiger partial charge in [0.2, 0.25) is 11.8 Å². The molecular weight excluding hydrogens is 438 g/mol. The summed E-state index contributed by atoms with van der Waals surface area (Å²) in [4.78, 5) is 27.7. The molecule has 7 heteroatoms. The van der Waals surface area contributed by atoms with Crippen LogP contribution in [-0.2, 0) is 22.6 Å². The lowest BCUT2D eigenvalue weighted by atomic mass is 9.95. The highest BCUT2D eigenvalue weighted by Gasteiger charge is 2.28. The molecule has 0 unspecified atom stereocenters. The van der Waals surface area contributed by atoms with E-state index in [-0.39, 0.29) is 36.6 Å². The Labute approximate surface area is 192 Å². The summed E-state index contributed by atoms with van der Waals surface area (Å²) in [6.45, 7) is 1.92. The van der Waals surface area contributed by atoms with E-state index in [1.165, 1.54) is 23.5 Å². The third-order valence-electron chi connectivity index (χ3n) is 5.74. The van der Waals surface area contributed by atoms with E-state index >= 15 is 0 Å². The maximum absolute atomic E-state index is 13.3. The van der Waals surface area contributed by atoms with Gasteiger partial charge in [0.25, 0.3) is 0 Å². The van der Waals surface area contributed by atoms with Gasteiger partial charge in [0.05, 0.1) is 6.42 Å². The van der Waals surface area contributed by atoms with Crippen molar-refractivity contribution in [1.29, 1.82) is 0 Å². The van der Waals surface area contributed by atoms with Crippen LogP contribution >= 0.6 is 23.2 Å². The largest absolute Gasteiger partial charge is 0.352 e. The minimum absolute atomic E-state index is 0.0399. The molecule has 0 bridgehead atoms. The molecule has 1 atom stereocenters. The summed E-state index contributed by atoms with van der Waals surface area (Å²) in [5, 5.41) is 3.99. The lowest BCUT2D eigenvalue weighted by Crippen LogP contribution is -2.50. The average Bonchev–Trinajstić information content (AvgIpc) is 2.75. The molecule has 2 amide bonds. The Morgan fingerprint density at radius 3 is 2.42 bits per heavy atom. The first kappa shape index (κ1) is 23.6. The molecule has 166 valence electrons. The van der Waals surface area contributed by atoms with Crippen LogP contribution in [0.2, 0.25) is 10.0 Å². The van der Waals surface area contributed by atoms with E-state index in [4.69, 9.17) is 23.2 Å². The van der Waals surface area contributed by atoms with Crippen LogP contribution in [0.5, 0.6) is 0 Å². The summed E-state index contributed by atoms with van der Waals surface area (Å²) < 4.78 is 13.3. The Kier molecular flexibility index (Phi) is 8.33. The normalized spacial score (nSPS) is 15.4. The smallest absolute Gasteiger partial charge is 0.242 e. The number of benzene rings is 2. The minimum atomic E-state index is -0.675. The summed E-state index contributed by atoms with van der Waals surface area (Å²) in [6.07, 6.45) is 5.37. The molecule has 1 aliphatic rings. The maximum Gasteiger partial charge on any atom is 0.242 e. The lowest BCUT2D eigenvalue weighted by Gasteiger charge is -2.31. The van der Waals surface area contributed by atoms with E-state index in [9.17, 15) is 14.0 Å². The van der Waals surface area contributed by atoms with Gasteiger partial charge in [0, 0.05) is 22.6 Å². The second-order valence-electron chi connectivity index (χ2n) is 8.08. The number of nitrogens with one attached hydrogen (secondary N) is 1. The van der Waals surface area contributed by atoms with Crippen molar-refractivity contribution in [3.05, 3.63) is 69.5 Å². The topological polar surface area (TPSA) is 49.4 Å². The average molecular weight is 465 g/mol. The van der Waals surface area contributed by atoms with Crippen molar-refractivity contribution < 1.29 is 14.0 Å². The number of nitrogens with zero attached hydrogens (tertiary/aromatic N) is 1. The highest BCUT2D eigenvalue weighted by atomic mass is 35.5. The third kappa shape index (κ3) is 6.68. The molecule has 1 aliphatic carbocycles. The third-order valence-corrected chi connectivity index (χ3v) is 6.33. The standard InChI is InChI=1S/C24H27Cl2FN2O2/c1-16(24(31)28-21-5-3-2-4-6-21)29(15-17-7-11-20(27)12-8-17)23(30)13-18-9-10-19(25)14-22(18)26/h7-12,14,16,21H,2-6,13,15H2,1H3,(H,28,31)/t16-/m1/s1. The molecule has 1 fully saturated rings. The van der Waals surface area contributed by atoms with E-state index in [0.717, 1.165) is 31.2 Å². The molecule has 0 radical (unpaired) electrons. The Morgan fingerprint density at radius 1 is 1.10 bits per heavy atom. The summed E-state index contributed by atoms with van der Waals surface area (Å²) in [6, 6.07) is 10.4. The molecule has 2 aromatic carbocycles. The van der Waals surface area contributed by atoms with Crippen LogP contribution < -0.4 is 5.32 Å². The Balaban J connectivity index is 1.77. The zero-order valence-corrected chi connectivity index (χ0v) is 19.1. The Morgan fingerprint density at radius 2 is 1.77 bits per heavy atom. The van der Waals surface area contributed by atoms with Crippen molar-refractivity contribution in [2.45, 2.75) is 64.1 Å². The van der Waals surface area contributed by atoms with Crippen molar-refractivity contribution in [2.75, 3.05) is 0 Å². The van der Waals surface area contributed by atoms with E-state index < -0.39 is 6.04 Å². The number of hydrogen-bond donors (Lipinski definition) is 1. The molecule has 3 rings (SSSR count). The predicted octanol–water partition coefficient (Wildman–Crippen LogP) is 5.54. The molecule has 31 heavy (non-hydrogen) atoms. The molecule has 1 N–H and O–H groups in total. The maximum atomic E-state index is 13.3. The molecule has 4 nitrogen and oxygen atoms in total. The fraction of sp³-hybridized carbons (Fsp3) is 0.417. The van der Waals surface area contributed by atoms with Crippen LogP contribution in [0.4, 0.5) is 4.39 Å². The van der Waals surface area contributed by atoms with Crippen LogP contribution in [0.1, 0.15) is 50.2 Å². The summed E-state index contributed by atoms with van der Waals surface area (Å²) in [5.41, 5.74) is 1.38. The van der Waals surface area contributed by atoms with Crippen LogP contribution in [-0.4, -0.2) is 28.8 Å². The van der Waals surface area contributed by atoms with Crippen molar-refractivity contribution in [3.8, 4) is 0 Å². The van der Waals surface area contributed by atoms with Crippen LogP contribution in [0.15, 0.2) is 42.5 Å². The summed E-state index contributed by atoms with van der Waals surface area (Å²) in [7, 11) is 0. The van der Waals surface area contributed by atoms with Gasteiger partial charge in [0.15, 0.2) is 0 Å². The first-order chi connectivity index (χ1) is 14.8. The number of rotatable bonds is 7. The van der Waals surface area contributed by atoms with Gasteiger partial charge >= 0.3 is 0 Å². The number of amides is 2. The van der Waals surface area contributed by atoms with Crippen LogP contribution in [0.25, 0.3) is 0 Å². The van der Waals surface area contributed by atoms with Gasteiger partial charge in [-0.2, -0.15) is 0 Å². The van der Waals surface area contributed by atoms with Crippen molar-refractivity contribution in [3.63, 3.8) is 0 Å². The molecule has 0 aliphatic heterocycles. The highest BCUT2D eigenvalue weighted by molar-refractivity contribution is 6.35. The summed E-state index contributed by atoms with van der Waals surface area (Å²) >= 11 is 12.2. The van der Waals surface area contributed by atoms with Gasteiger partial charge < -0.3 is 10.2 Å². The van der Waals surface area contributed by atoms with E-state index in [2.05, 4.69) is 5.32 Å². The van der Waals surface area contributed by atoms with Gasteiger partial charge in [-0.3, -0.25) is 9.59 Å². The van der Waals surface area contributed by atoms with E-state index in [1.54, 1.807) is 37.3 Å². The second kappa shape index (κ2) is 11.0. The van der Waals surface area contributed by atoms with Crippen molar-refractivity contribution >= 4 is 35.0 Å². The van der Waals surface area contributed by atoms with Crippen LogP contribution in [0.3, 0.4) is 0 Å². The van der Waals surface area contributed by atoms with Gasteiger partial charge in [-0.05, 0) is 55.2 Å². The fourth-order valence-corrected chi connectivity index (χ4v) is 4.34. The second-order valence-corrected chi connectivity index (χ2v) is 8.92. The van der Waals surface area contributed by atoms with Gasteiger partial charge in [-0.1, -0.05) is 60.7 Å². The number of carbonyl (C=O) groups excluding carboxylic acids is 2. The number of halogens is 3. The molecule has 0 spiro atoms. The molecule has 0 aromatic heterocycles. The molecular formula is C24H27Cl2FN2O2. The molecule has 0 saturated heterocycles. The van der Waals surface area contributed by atoms with E-state index in [0.29, 0.717) is 15.6 Å². The predicted molar refractivity (Wildman–Crippen MR) is 122 cm³/mol. The van der Waals surface area contributed by atoms with Gasteiger partial charge in [-0.15, -0.1) is 0 Å². The van der Waals surface area contributed by atoms with Crippen molar-refractivity contribution in [2.24, 2.45) is 0 Å². The van der Waals surface area contributed by atoms with Gasteiger partial charge in [-0.25, -0.2) is 4.39 Å². The quantitative estimate of drug-likeness (QED) is 0.584. The molecule has 0 heterocycles. The monoisotopic (exact) mass is 464 g/mol. The first-order valence-electron chi connectivity index (χ1n) is 10.6. The van der Waals surface area contributed by atoms with E-state index in [1.807, 2.05) is 0 Å². The first-order valence-corrected chi connectivity index (χ1v) is 11.4. The van der Waals surface area contributed by atoms with Crippen molar-refractivity contribution in [1.82, 2.24) is 10.2 Å². The fourth-order valence-electron chi connectivity index (χ4n) is 3.87. The Hall–Kier alpha value is -2.11. The Bertz CT molecular complexity index is 914. The SMILES string of the molecule is C[C@H](C(=O)NC1CCCCC1)N(Cc1ccc(F)cc1)C(=O)Cc1ccc(Cl)cc1Cl. The number of carbonyl (C=O) groups is 2. The lowest BCUT2D eigenvalue weighted by molar-refractivity contribution is -0.140. The summed E-state index contributed by atoms with van der Waals surface area (Å²) in [5.74, 6) is -0.762. The van der Waals surface area contributed by atoms with Crippen LogP contribution in [0, 0.1) is 5.82 Å². The number of hydrogen-bond acceptors (Lipinski definition) is 2. The zero-order chi connectivity index (χ0) is 22.4. The molecule has 1 saturated carbocycles.